The van der Waals surface area contributed by atoms with Gasteiger partial charge in [-0.15, -0.1) is 0 Å². The van der Waals surface area contributed by atoms with Gasteiger partial charge >= 0.3 is 5.97 Å². The molecule has 0 amide bonds. The number of benzene rings is 1. The van der Waals surface area contributed by atoms with Crippen molar-refractivity contribution in [2.24, 2.45) is 0 Å². The molecule has 1 N–H and O–H groups in total. The second-order valence-corrected chi connectivity index (χ2v) is 5.08. The van der Waals surface area contributed by atoms with E-state index in [1.165, 1.54) is 12.1 Å². The fourth-order valence-corrected chi connectivity index (χ4v) is 2.75. The van der Waals surface area contributed by atoms with Gasteiger partial charge in [-0.25, -0.2) is 4.39 Å². The van der Waals surface area contributed by atoms with Crippen molar-refractivity contribution < 1.29 is 14.3 Å². The highest BCUT2D eigenvalue weighted by Gasteiger charge is 2.44. The van der Waals surface area contributed by atoms with Crippen LogP contribution in [-0.2, 0) is 10.2 Å². The van der Waals surface area contributed by atoms with Gasteiger partial charge in [-0.05, 0) is 37.5 Å². The summed E-state index contributed by atoms with van der Waals surface area (Å²) < 4.78 is 14.0. The SMILES string of the molecule is Cc1cc(F)c(C2(C(=O)O)CCCC2)cc1Cl. The molecule has 0 aromatic heterocycles. The van der Waals surface area contributed by atoms with E-state index in [0.717, 1.165) is 12.8 Å². The lowest BCUT2D eigenvalue weighted by Crippen LogP contribution is -2.33. The Labute approximate surface area is 104 Å². The highest BCUT2D eigenvalue weighted by atomic mass is 35.5. The van der Waals surface area contributed by atoms with E-state index < -0.39 is 17.2 Å². The summed E-state index contributed by atoms with van der Waals surface area (Å²) >= 11 is 5.97. The molecule has 1 fully saturated rings. The molecule has 4 heteroatoms. The predicted octanol–water partition coefficient (Wildman–Crippen LogP) is 3.68. The van der Waals surface area contributed by atoms with E-state index >= 15 is 0 Å². The normalized spacial score (nSPS) is 18.3. The minimum absolute atomic E-state index is 0.234. The number of rotatable bonds is 2. The van der Waals surface area contributed by atoms with Gasteiger partial charge in [0, 0.05) is 10.6 Å². The van der Waals surface area contributed by atoms with Crippen LogP contribution in [0.2, 0.25) is 5.02 Å². The molecule has 1 aromatic carbocycles. The van der Waals surface area contributed by atoms with Crippen LogP contribution in [0.25, 0.3) is 0 Å². The number of aryl methyl sites for hydroxylation is 1. The maximum absolute atomic E-state index is 14.0. The van der Waals surface area contributed by atoms with Crippen LogP contribution in [0.1, 0.15) is 36.8 Å². The zero-order valence-electron chi connectivity index (χ0n) is 9.59. The van der Waals surface area contributed by atoms with E-state index in [2.05, 4.69) is 0 Å². The Morgan fingerprint density at radius 1 is 1.41 bits per heavy atom. The Morgan fingerprint density at radius 3 is 2.53 bits per heavy atom. The molecule has 17 heavy (non-hydrogen) atoms. The molecule has 0 unspecified atom stereocenters. The highest BCUT2D eigenvalue weighted by molar-refractivity contribution is 6.31. The van der Waals surface area contributed by atoms with Crippen molar-refractivity contribution in [3.8, 4) is 0 Å². The van der Waals surface area contributed by atoms with Gasteiger partial charge in [-0.1, -0.05) is 24.4 Å². The van der Waals surface area contributed by atoms with E-state index in [1.807, 2.05) is 0 Å². The number of hydrogen-bond donors (Lipinski definition) is 1. The third kappa shape index (κ3) is 1.93. The molecule has 0 bridgehead atoms. The van der Waals surface area contributed by atoms with Crippen LogP contribution in [-0.4, -0.2) is 11.1 Å². The van der Waals surface area contributed by atoms with E-state index in [1.54, 1.807) is 6.92 Å². The third-order valence-electron chi connectivity index (χ3n) is 3.63. The van der Waals surface area contributed by atoms with Gasteiger partial charge in [0.2, 0.25) is 0 Å². The van der Waals surface area contributed by atoms with E-state index in [9.17, 15) is 14.3 Å². The summed E-state index contributed by atoms with van der Waals surface area (Å²) in [5.41, 5.74) is -0.217. The van der Waals surface area contributed by atoms with Gasteiger partial charge in [0.1, 0.15) is 5.82 Å². The van der Waals surface area contributed by atoms with Gasteiger partial charge in [0.15, 0.2) is 0 Å². The smallest absolute Gasteiger partial charge is 0.314 e. The van der Waals surface area contributed by atoms with E-state index in [-0.39, 0.29) is 5.56 Å². The predicted molar refractivity (Wildman–Crippen MR) is 63.9 cm³/mol. The van der Waals surface area contributed by atoms with Crippen LogP contribution in [0.3, 0.4) is 0 Å². The van der Waals surface area contributed by atoms with Crippen molar-refractivity contribution in [1.29, 1.82) is 0 Å². The molecule has 0 radical (unpaired) electrons. The second-order valence-electron chi connectivity index (χ2n) is 4.68. The van der Waals surface area contributed by atoms with Crippen molar-refractivity contribution in [2.75, 3.05) is 0 Å². The van der Waals surface area contributed by atoms with Crippen LogP contribution in [0.4, 0.5) is 4.39 Å². The molecule has 0 aliphatic heterocycles. The van der Waals surface area contributed by atoms with Crippen LogP contribution in [0.15, 0.2) is 12.1 Å². The van der Waals surface area contributed by atoms with Crippen LogP contribution >= 0.6 is 11.6 Å². The summed E-state index contributed by atoms with van der Waals surface area (Å²) in [4.78, 5) is 11.5. The fraction of sp³-hybridized carbons (Fsp3) is 0.462. The van der Waals surface area contributed by atoms with Crippen molar-refractivity contribution in [3.05, 3.63) is 34.1 Å². The summed E-state index contributed by atoms with van der Waals surface area (Å²) in [6, 6.07) is 2.80. The molecule has 0 spiro atoms. The summed E-state index contributed by atoms with van der Waals surface area (Å²) in [6.07, 6.45) is 2.60. The molecular formula is C13H14ClFO2. The molecule has 92 valence electrons. The Kier molecular flexibility index (Phi) is 3.13. The molecule has 1 saturated carbocycles. The minimum atomic E-state index is -1.08. The van der Waals surface area contributed by atoms with Crippen molar-refractivity contribution >= 4 is 17.6 Å². The molecule has 0 heterocycles. The largest absolute Gasteiger partial charge is 0.481 e. The van der Waals surface area contributed by atoms with Gasteiger partial charge in [-0.2, -0.15) is 0 Å². The first-order chi connectivity index (χ1) is 7.97. The Hall–Kier alpha value is -1.09. The lowest BCUT2D eigenvalue weighted by molar-refractivity contribution is -0.143. The standard InChI is InChI=1S/C13H14ClFO2/c1-8-6-11(15)9(7-10(8)14)13(12(16)17)4-2-3-5-13/h6-7H,2-5H2,1H3,(H,16,17). The topological polar surface area (TPSA) is 37.3 Å². The van der Waals surface area contributed by atoms with Gasteiger partial charge < -0.3 is 5.11 Å². The molecule has 2 nitrogen and oxygen atoms in total. The average molecular weight is 257 g/mol. The number of halogens is 2. The maximum atomic E-state index is 14.0. The zero-order chi connectivity index (χ0) is 12.6. The van der Waals surface area contributed by atoms with Crippen LogP contribution < -0.4 is 0 Å². The summed E-state index contributed by atoms with van der Waals surface area (Å²) in [5, 5.41) is 9.82. The first kappa shape index (κ1) is 12.4. The van der Waals surface area contributed by atoms with Gasteiger partial charge in [0.25, 0.3) is 0 Å². The number of aliphatic carboxylic acids is 1. The average Bonchev–Trinajstić information content (AvgIpc) is 2.73. The van der Waals surface area contributed by atoms with E-state index in [4.69, 9.17) is 11.6 Å². The summed E-state index contributed by atoms with van der Waals surface area (Å²) in [5.74, 6) is -1.41. The molecule has 2 rings (SSSR count). The van der Waals surface area contributed by atoms with Gasteiger partial charge in [0.05, 0.1) is 5.41 Å². The zero-order valence-corrected chi connectivity index (χ0v) is 10.4. The lowest BCUT2D eigenvalue weighted by atomic mass is 9.78. The summed E-state index contributed by atoms with van der Waals surface area (Å²) in [7, 11) is 0. The Bertz CT molecular complexity index is 465. The monoisotopic (exact) mass is 256 g/mol. The first-order valence-corrected chi connectivity index (χ1v) is 6.05. The van der Waals surface area contributed by atoms with E-state index in [0.29, 0.717) is 23.4 Å². The van der Waals surface area contributed by atoms with Gasteiger partial charge in [-0.3, -0.25) is 4.79 Å². The third-order valence-corrected chi connectivity index (χ3v) is 4.04. The number of carboxylic acids is 1. The molecule has 0 saturated heterocycles. The van der Waals surface area contributed by atoms with Crippen molar-refractivity contribution in [2.45, 2.75) is 38.0 Å². The Balaban J connectivity index is 2.58. The number of carboxylic acid groups (broad SMARTS) is 1. The first-order valence-electron chi connectivity index (χ1n) is 5.67. The summed E-state index contributed by atoms with van der Waals surface area (Å²) in [6.45, 7) is 1.71. The lowest BCUT2D eigenvalue weighted by Gasteiger charge is -2.25. The molecular weight excluding hydrogens is 243 g/mol. The maximum Gasteiger partial charge on any atom is 0.314 e. The quantitative estimate of drug-likeness (QED) is 0.876. The molecule has 1 aliphatic carbocycles. The molecule has 1 aliphatic rings. The number of carbonyl (C=O) groups is 1. The second kappa shape index (κ2) is 4.30. The molecule has 0 atom stereocenters. The van der Waals surface area contributed by atoms with Crippen molar-refractivity contribution in [3.63, 3.8) is 0 Å². The van der Waals surface area contributed by atoms with Crippen molar-refractivity contribution in [1.82, 2.24) is 0 Å². The fourth-order valence-electron chi connectivity index (χ4n) is 2.59. The van der Waals surface area contributed by atoms with Crippen LogP contribution in [0.5, 0.6) is 0 Å². The number of hydrogen-bond acceptors (Lipinski definition) is 1. The Morgan fingerprint density at radius 2 is 2.00 bits per heavy atom. The van der Waals surface area contributed by atoms with Crippen LogP contribution in [0, 0.1) is 12.7 Å². The highest BCUT2D eigenvalue weighted by Crippen LogP contribution is 2.43. The minimum Gasteiger partial charge on any atom is -0.481 e. The molecule has 1 aromatic rings.